The molecule has 0 amide bonds. The Bertz CT molecular complexity index is 470. The Morgan fingerprint density at radius 1 is 1.47 bits per heavy atom. The van der Waals surface area contributed by atoms with Crippen molar-refractivity contribution in [3.05, 3.63) is 30.7 Å². The molecule has 0 aliphatic heterocycles. The van der Waals surface area contributed by atoms with Gasteiger partial charge in [-0.05, 0) is 18.2 Å². The van der Waals surface area contributed by atoms with E-state index in [-0.39, 0.29) is 0 Å². The third-order valence-electron chi connectivity index (χ3n) is 1.64. The Kier molecular flexibility index (Phi) is 2.64. The van der Waals surface area contributed by atoms with Gasteiger partial charge in [-0.2, -0.15) is 0 Å². The fourth-order valence-electron chi connectivity index (χ4n) is 1.08. The van der Waals surface area contributed by atoms with Gasteiger partial charge in [0, 0.05) is 17.2 Å². The van der Waals surface area contributed by atoms with Crippen molar-refractivity contribution in [1.82, 2.24) is 10.2 Å². The van der Waals surface area contributed by atoms with Crippen LogP contribution in [-0.2, 0) is 0 Å². The van der Waals surface area contributed by atoms with Crippen molar-refractivity contribution in [2.45, 2.75) is 0 Å². The van der Waals surface area contributed by atoms with E-state index < -0.39 is 5.43 Å². The molecule has 1 aromatic heterocycles. The van der Waals surface area contributed by atoms with Crippen LogP contribution in [0.5, 0.6) is 5.75 Å². The van der Waals surface area contributed by atoms with Gasteiger partial charge in [0.05, 0.1) is 0 Å². The molecule has 0 radical (unpaired) electrons. The fraction of sp³-hybridized carbons (Fsp3) is 0. The Morgan fingerprint density at radius 2 is 2.33 bits per heavy atom. The van der Waals surface area contributed by atoms with Crippen molar-refractivity contribution in [2.75, 3.05) is 0 Å². The minimum atomic E-state index is -0.891. The van der Waals surface area contributed by atoms with Crippen LogP contribution in [0.2, 0.25) is 0 Å². The van der Waals surface area contributed by atoms with Crippen molar-refractivity contribution >= 4 is 17.0 Å². The van der Waals surface area contributed by atoms with Crippen molar-refractivity contribution in [1.29, 1.82) is 0 Å². The van der Waals surface area contributed by atoms with Crippen LogP contribution in [0.15, 0.2) is 35.1 Å². The van der Waals surface area contributed by atoms with E-state index in [2.05, 4.69) is 14.9 Å². The summed E-state index contributed by atoms with van der Waals surface area (Å²) in [6, 6.07) is 6.61. The molecule has 15 heavy (non-hydrogen) atoms. The molecule has 0 atom stereocenters. The van der Waals surface area contributed by atoms with Gasteiger partial charge >= 0.3 is 5.43 Å². The molecular weight excluding hydrogens is 220 g/mol. The van der Waals surface area contributed by atoms with Crippen molar-refractivity contribution in [3.8, 4) is 17.2 Å². The molecule has 1 aromatic carbocycles. The molecule has 0 saturated carbocycles. The Labute approximate surface area is 89.6 Å². The lowest BCUT2D eigenvalue weighted by atomic mass is 10.2. The zero-order valence-electron chi connectivity index (χ0n) is 7.38. The number of nitrogens with zero attached hydrogens (tertiary/aromatic N) is 2. The van der Waals surface area contributed by atoms with E-state index in [1.807, 2.05) is 0 Å². The molecule has 5 nitrogen and oxygen atoms in total. The molecule has 0 saturated heterocycles. The highest BCUT2D eigenvalue weighted by Gasteiger charge is 2.06. The lowest BCUT2D eigenvalue weighted by Crippen LogP contribution is -1.95. The summed E-state index contributed by atoms with van der Waals surface area (Å²) in [6.45, 7) is 0. The highest BCUT2D eigenvalue weighted by atomic mass is 35.5. The van der Waals surface area contributed by atoms with E-state index in [1.54, 1.807) is 24.3 Å². The third kappa shape index (κ3) is 2.32. The predicted octanol–water partition coefficient (Wildman–Crippen LogP) is 2.47. The molecule has 1 heterocycles. The van der Waals surface area contributed by atoms with Crippen LogP contribution in [0.25, 0.3) is 11.5 Å². The Morgan fingerprint density at radius 3 is 3.00 bits per heavy atom. The third-order valence-corrected chi connectivity index (χ3v) is 1.72. The maximum Gasteiger partial charge on any atom is 0.409 e. The summed E-state index contributed by atoms with van der Waals surface area (Å²) in [6.07, 6.45) is 1.22. The monoisotopic (exact) mass is 224 g/mol. The van der Waals surface area contributed by atoms with Gasteiger partial charge in [0.25, 0.3) is 0 Å². The highest BCUT2D eigenvalue weighted by Crippen LogP contribution is 2.22. The van der Waals surface area contributed by atoms with Gasteiger partial charge in [-0.15, -0.1) is 10.2 Å². The predicted molar refractivity (Wildman–Crippen MR) is 51.6 cm³/mol. The number of aromatic nitrogens is 2. The average molecular weight is 225 g/mol. The van der Waals surface area contributed by atoms with Crippen LogP contribution in [0, 0.1) is 0 Å². The van der Waals surface area contributed by atoms with E-state index in [0.29, 0.717) is 17.2 Å². The maximum atomic E-state index is 10.5. The maximum absolute atomic E-state index is 10.5. The normalized spacial score (nSPS) is 9.93. The van der Waals surface area contributed by atoms with Gasteiger partial charge < -0.3 is 9.15 Å². The highest BCUT2D eigenvalue weighted by molar-refractivity contribution is 6.61. The minimum Gasteiger partial charge on any atom is -0.423 e. The molecule has 0 unspecified atom stereocenters. The second-order valence-electron chi connectivity index (χ2n) is 2.61. The summed E-state index contributed by atoms with van der Waals surface area (Å²) in [5.74, 6) is 0.674. The van der Waals surface area contributed by atoms with Crippen molar-refractivity contribution in [3.63, 3.8) is 0 Å². The van der Waals surface area contributed by atoms with Gasteiger partial charge in [-0.25, -0.2) is 4.79 Å². The lowest BCUT2D eigenvalue weighted by molar-refractivity contribution is 0.225. The van der Waals surface area contributed by atoms with Gasteiger partial charge in [-0.3, -0.25) is 0 Å². The summed E-state index contributed by atoms with van der Waals surface area (Å²) in [5.41, 5.74) is -0.236. The second-order valence-corrected chi connectivity index (χ2v) is 2.92. The minimum absolute atomic E-state index is 0.325. The summed E-state index contributed by atoms with van der Waals surface area (Å²) in [5, 5.41) is 7.26. The van der Waals surface area contributed by atoms with Crippen LogP contribution < -0.4 is 4.74 Å². The van der Waals surface area contributed by atoms with Gasteiger partial charge in [0.2, 0.25) is 12.3 Å². The zero-order chi connectivity index (χ0) is 10.7. The SMILES string of the molecule is O=C(Cl)Oc1cccc(-c2nnco2)c1. The van der Waals surface area contributed by atoms with Crippen LogP contribution in [-0.4, -0.2) is 15.6 Å². The number of carbonyl (C=O) groups excluding carboxylic acids is 1. The van der Waals surface area contributed by atoms with E-state index in [9.17, 15) is 4.79 Å². The van der Waals surface area contributed by atoms with Gasteiger partial charge in [0.15, 0.2) is 0 Å². The van der Waals surface area contributed by atoms with Crippen LogP contribution in [0.4, 0.5) is 4.79 Å². The number of carbonyl (C=O) groups is 1. The number of rotatable bonds is 2. The first-order valence-electron chi connectivity index (χ1n) is 3.99. The molecule has 0 aliphatic rings. The standard InChI is InChI=1S/C9H5ClN2O3/c10-9(13)15-7-3-1-2-6(4-7)8-12-11-5-14-8/h1-5H. The summed E-state index contributed by atoms with van der Waals surface area (Å²) in [4.78, 5) is 10.5. The van der Waals surface area contributed by atoms with E-state index >= 15 is 0 Å². The second kappa shape index (κ2) is 4.10. The average Bonchev–Trinajstić information content (AvgIpc) is 2.69. The molecule has 76 valence electrons. The first-order valence-corrected chi connectivity index (χ1v) is 4.37. The molecule has 2 aromatic rings. The quantitative estimate of drug-likeness (QED) is 0.733. The summed E-state index contributed by atoms with van der Waals surface area (Å²) >= 11 is 5.08. The Balaban J connectivity index is 2.31. The smallest absolute Gasteiger partial charge is 0.409 e. The van der Waals surface area contributed by atoms with Crippen LogP contribution in [0.3, 0.4) is 0 Å². The number of hydrogen-bond donors (Lipinski definition) is 0. The molecule has 0 aliphatic carbocycles. The summed E-state index contributed by atoms with van der Waals surface area (Å²) in [7, 11) is 0. The molecule has 6 heteroatoms. The van der Waals surface area contributed by atoms with Crippen LogP contribution in [0.1, 0.15) is 0 Å². The first-order chi connectivity index (χ1) is 7.25. The van der Waals surface area contributed by atoms with Crippen molar-refractivity contribution in [2.24, 2.45) is 0 Å². The molecule has 2 rings (SSSR count). The number of hydrogen-bond acceptors (Lipinski definition) is 5. The van der Waals surface area contributed by atoms with Gasteiger partial charge in [-0.1, -0.05) is 6.07 Å². The van der Waals surface area contributed by atoms with Crippen molar-refractivity contribution < 1.29 is 13.9 Å². The first kappa shape index (κ1) is 9.67. The van der Waals surface area contributed by atoms with E-state index in [1.165, 1.54) is 6.39 Å². The lowest BCUT2D eigenvalue weighted by Gasteiger charge is -2.00. The largest absolute Gasteiger partial charge is 0.423 e. The molecular formula is C9H5ClN2O3. The summed E-state index contributed by atoms with van der Waals surface area (Å²) < 4.78 is 9.67. The molecule has 0 bridgehead atoms. The number of ether oxygens (including phenoxy) is 1. The number of benzene rings is 1. The Hall–Kier alpha value is -1.88. The van der Waals surface area contributed by atoms with Crippen LogP contribution >= 0.6 is 11.6 Å². The van der Waals surface area contributed by atoms with E-state index in [4.69, 9.17) is 16.0 Å². The molecule has 0 N–H and O–H groups in total. The fourth-order valence-corrected chi connectivity index (χ4v) is 1.17. The zero-order valence-corrected chi connectivity index (χ0v) is 8.14. The molecule has 0 spiro atoms. The topological polar surface area (TPSA) is 65.2 Å². The van der Waals surface area contributed by atoms with Gasteiger partial charge in [0.1, 0.15) is 5.75 Å². The van der Waals surface area contributed by atoms with E-state index in [0.717, 1.165) is 0 Å². The number of halogens is 1. The molecule has 0 fully saturated rings.